The summed E-state index contributed by atoms with van der Waals surface area (Å²) in [4.78, 5) is 24.6. The number of carbonyl (C=O) groups is 2. The van der Waals surface area contributed by atoms with Crippen molar-refractivity contribution in [1.82, 2.24) is 14.7 Å². The molecule has 0 spiro atoms. The van der Waals surface area contributed by atoms with Crippen LogP contribution in [-0.2, 0) is 10.3 Å². The molecule has 0 aromatic carbocycles. The maximum Gasteiger partial charge on any atom is 0.323 e. The Labute approximate surface area is 124 Å². The van der Waals surface area contributed by atoms with Gasteiger partial charge in [-0.05, 0) is 46.6 Å². The zero-order chi connectivity index (χ0) is 15.8. The lowest BCUT2D eigenvalue weighted by Crippen LogP contribution is -2.36. The molecule has 1 aliphatic rings. The van der Waals surface area contributed by atoms with Crippen LogP contribution in [0.5, 0.6) is 0 Å². The number of aliphatic carboxylic acids is 1. The lowest BCUT2D eigenvalue weighted by atomic mass is 10.1. The van der Waals surface area contributed by atoms with Crippen LogP contribution < -0.4 is 0 Å². The summed E-state index contributed by atoms with van der Waals surface area (Å²) in [5.41, 5.74) is 1.23. The molecule has 1 heterocycles. The van der Waals surface area contributed by atoms with Gasteiger partial charge in [-0.2, -0.15) is 5.10 Å². The highest BCUT2D eigenvalue weighted by Gasteiger charge is 2.33. The maximum atomic E-state index is 12.4. The molecule has 0 aliphatic heterocycles. The molecule has 6 nitrogen and oxygen atoms in total. The third-order valence-electron chi connectivity index (χ3n) is 3.58. The second-order valence-corrected chi connectivity index (χ2v) is 6.52. The summed E-state index contributed by atoms with van der Waals surface area (Å²) in [5, 5.41) is 13.3. The molecule has 0 bridgehead atoms. The second kappa shape index (κ2) is 5.50. The number of carboxylic acids is 1. The molecular weight excluding hydrogens is 270 g/mol. The van der Waals surface area contributed by atoms with E-state index in [1.54, 1.807) is 6.92 Å². The molecule has 0 radical (unpaired) electrons. The fraction of sp³-hybridized carbons (Fsp3) is 0.667. The average Bonchev–Trinajstić information content (AvgIpc) is 3.12. The van der Waals surface area contributed by atoms with Crippen molar-refractivity contribution < 1.29 is 14.7 Å². The van der Waals surface area contributed by atoms with Gasteiger partial charge in [-0.1, -0.05) is 0 Å². The Balaban J connectivity index is 2.31. The van der Waals surface area contributed by atoms with Crippen molar-refractivity contribution in [3.63, 3.8) is 0 Å². The number of likely N-dealkylation sites (N-methyl/N-ethyl adjacent to an activating group) is 1. The molecule has 116 valence electrons. The molecule has 0 atom stereocenters. The molecule has 1 aromatic heterocycles. The Morgan fingerprint density at radius 1 is 1.43 bits per heavy atom. The standard InChI is InChI=1S/C15H23N3O3/c1-5-17(9-13(19)20)14(21)11-8-12(10-6-7-10)18(16-11)15(2,3)4/h8,10H,5-7,9H2,1-4H3,(H,19,20). The minimum atomic E-state index is -1.01. The first-order valence-electron chi connectivity index (χ1n) is 7.35. The fourth-order valence-electron chi connectivity index (χ4n) is 2.36. The summed E-state index contributed by atoms with van der Waals surface area (Å²) in [5.74, 6) is -0.847. The predicted molar refractivity (Wildman–Crippen MR) is 78.4 cm³/mol. The third kappa shape index (κ3) is 3.43. The van der Waals surface area contributed by atoms with Crippen molar-refractivity contribution in [2.24, 2.45) is 0 Å². The van der Waals surface area contributed by atoms with Gasteiger partial charge >= 0.3 is 5.97 Å². The van der Waals surface area contributed by atoms with Crippen LogP contribution in [0.3, 0.4) is 0 Å². The molecule has 0 unspecified atom stereocenters. The summed E-state index contributed by atoms with van der Waals surface area (Å²) in [6.45, 7) is 7.98. The summed E-state index contributed by atoms with van der Waals surface area (Å²) in [6, 6.07) is 1.83. The van der Waals surface area contributed by atoms with Crippen molar-refractivity contribution in [3.8, 4) is 0 Å². The van der Waals surface area contributed by atoms with E-state index < -0.39 is 5.97 Å². The minimum absolute atomic E-state index is 0.194. The van der Waals surface area contributed by atoms with Crippen LogP contribution in [-0.4, -0.2) is 44.8 Å². The van der Waals surface area contributed by atoms with Crippen LogP contribution in [0, 0.1) is 0 Å². The van der Waals surface area contributed by atoms with Gasteiger partial charge in [0.25, 0.3) is 5.91 Å². The number of hydrogen-bond acceptors (Lipinski definition) is 3. The molecule has 1 aliphatic carbocycles. The van der Waals surface area contributed by atoms with Crippen molar-refractivity contribution in [1.29, 1.82) is 0 Å². The van der Waals surface area contributed by atoms with Crippen LogP contribution in [0.4, 0.5) is 0 Å². The number of hydrogen-bond donors (Lipinski definition) is 1. The van der Waals surface area contributed by atoms with Crippen LogP contribution >= 0.6 is 0 Å². The second-order valence-electron chi connectivity index (χ2n) is 6.52. The molecule has 1 saturated carbocycles. The Kier molecular flexibility index (Phi) is 4.07. The van der Waals surface area contributed by atoms with Gasteiger partial charge in [0.2, 0.25) is 0 Å². The van der Waals surface area contributed by atoms with E-state index in [9.17, 15) is 9.59 Å². The normalized spacial score (nSPS) is 15.0. The van der Waals surface area contributed by atoms with E-state index in [1.807, 2.05) is 10.7 Å². The zero-order valence-corrected chi connectivity index (χ0v) is 13.1. The number of carbonyl (C=O) groups excluding carboxylic acids is 1. The largest absolute Gasteiger partial charge is 0.480 e. The molecule has 1 aromatic rings. The summed E-state index contributed by atoms with van der Waals surface area (Å²) in [6.07, 6.45) is 2.25. The molecule has 6 heteroatoms. The number of rotatable bonds is 5. The third-order valence-corrected chi connectivity index (χ3v) is 3.58. The van der Waals surface area contributed by atoms with Gasteiger partial charge in [0, 0.05) is 18.2 Å². The monoisotopic (exact) mass is 293 g/mol. The number of amides is 1. The first kappa shape index (κ1) is 15.5. The van der Waals surface area contributed by atoms with Gasteiger partial charge in [-0.25, -0.2) is 0 Å². The van der Waals surface area contributed by atoms with Crippen molar-refractivity contribution in [2.45, 2.75) is 52.0 Å². The highest BCUT2D eigenvalue weighted by atomic mass is 16.4. The van der Waals surface area contributed by atoms with E-state index in [0.29, 0.717) is 18.2 Å². The molecule has 0 saturated heterocycles. The Hall–Kier alpha value is -1.85. The first-order valence-corrected chi connectivity index (χ1v) is 7.35. The SMILES string of the molecule is CCN(CC(=O)O)C(=O)c1cc(C2CC2)n(C(C)(C)C)n1. The predicted octanol–water partition coefficient (Wildman–Crippen LogP) is 2.06. The maximum absolute atomic E-state index is 12.4. The van der Waals surface area contributed by atoms with E-state index in [4.69, 9.17) is 5.11 Å². The van der Waals surface area contributed by atoms with E-state index in [-0.39, 0.29) is 18.0 Å². The topological polar surface area (TPSA) is 75.4 Å². The number of carboxylic acid groups (broad SMARTS) is 1. The lowest BCUT2D eigenvalue weighted by Gasteiger charge is -2.22. The molecule has 1 N–H and O–H groups in total. The number of aromatic nitrogens is 2. The quantitative estimate of drug-likeness (QED) is 0.901. The highest BCUT2D eigenvalue weighted by Crippen LogP contribution is 2.41. The Morgan fingerprint density at radius 2 is 2.05 bits per heavy atom. The van der Waals surface area contributed by atoms with Gasteiger partial charge in [0.05, 0.1) is 5.54 Å². The molecule has 1 fully saturated rings. The fourth-order valence-corrected chi connectivity index (χ4v) is 2.36. The van der Waals surface area contributed by atoms with Gasteiger partial charge in [0.1, 0.15) is 6.54 Å². The van der Waals surface area contributed by atoms with Crippen LogP contribution in [0.15, 0.2) is 6.07 Å². The summed E-state index contributed by atoms with van der Waals surface area (Å²) >= 11 is 0. The number of nitrogens with zero attached hydrogens (tertiary/aromatic N) is 3. The van der Waals surface area contributed by atoms with Gasteiger partial charge in [-0.3, -0.25) is 14.3 Å². The Morgan fingerprint density at radius 3 is 2.48 bits per heavy atom. The Bertz CT molecular complexity index is 553. The zero-order valence-electron chi connectivity index (χ0n) is 13.1. The molecular formula is C15H23N3O3. The minimum Gasteiger partial charge on any atom is -0.480 e. The van der Waals surface area contributed by atoms with E-state index >= 15 is 0 Å². The molecule has 1 amide bonds. The van der Waals surface area contributed by atoms with Gasteiger partial charge in [0.15, 0.2) is 5.69 Å². The molecule has 2 rings (SSSR count). The van der Waals surface area contributed by atoms with E-state index in [2.05, 4.69) is 25.9 Å². The highest BCUT2D eigenvalue weighted by molar-refractivity contribution is 5.94. The van der Waals surface area contributed by atoms with Crippen molar-refractivity contribution in [2.75, 3.05) is 13.1 Å². The first-order chi connectivity index (χ1) is 9.74. The summed E-state index contributed by atoms with van der Waals surface area (Å²) in [7, 11) is 0. The smallest absolute Gasteiger partial charge is 0.323 e. The van der Waals surface area contributed by atoms with Crippen molar-refractivity contribution >= 4 is 11.9 Å². The van der Waals surface area contributed by atoms with E-state index in [1.165, 1.54) is 4.90 Å². The van der Waals surface area contributed by atoms with Crippen LogP contribution in [0.2, 0.25) is 0 Å². The average molecular weight is 293 g/mol. The van der Waals surface area contributed by atoms with Gasteiger partial charge < -0.3 is 10.0 Å². The van der Waals surface area contributed by atoms with Crippen LogP contribution in [0.1, 0.15) is 62.6 Å². The summed E-state index contributed by atoms with van der Waals surface area (Å²) < 4.78 is 1.91. The molecule has 21 heavy (non-hydrogen) atoms. The van der Waals surface area contributed by atoms with Gasteiger partial charge in [-0.15, -0.1) is 0 Å². The lowest BCUT2D eigenvalue weighted by molar-refractivity contribution is -0.137. The van der Waals surface area contributed by atoms with E-state index in [0.717, 1.165) is 18.5 Å². The van der Waals surface area contributed by atoms with Crippen molar-refractivity contribution in [3.05, 3.63) is 17.5 Å². The van der Waals surface area contributed by atoms with Crippen LogP contribution in [0.25, 0.3) is 0 Å².